The minimum absolute atomic E-state index is 0.143. The first-order valence-corrected chi connectivity index (χ1v) is 8.49. The first-order chi connectivity index (χ1) is 11.3. The quantitative estimate of drug-likeness (QED) is 0.811. The molecule has 126 valence electrons. The molecule has 1 saturated heterocycles. The van der Waals surface area contributed by atoms with Gasteiger partial charge in [0.2, 0.25) is 5.95 Å². The molecule has 0 unspecified atom stereocenters. The molecule has 1 amide bonds. The minimum atomic E-state index is -0.143. The van der Waals surface area contributed by atoms with E-state index in [-0.39, 0.29) is 5.91 Å². The number of amides is 1. The van der Waals surface area contributed by atoms with Crippen LogP contribution in [-0.4, -0.2) is 66.2 Å². The summed E-state index contributed by atoms with van der Waals surface area (Å²) in [5.41, 5.74) is 0.419. The van der Waals surface area contributed by atoms with Crippen molar-refractivity contribution in [3.63, 3.8) is 0 Å². The van der Waals surface area contributed by atoms with Gasteiger partial charge in [-0.25, -0.2) is 9.97 Å². The molecule has 2 aliphatic rings. The summed E-state index contributed by atoms with van der Waals surface area (Å²) < 4.78 is 5.31. The maximum Gasteiger partial charge on any atom is 0.270 e. The number of carbonyl (C=O) groups excluding carboxylic acids is 1. The second-order valence-electron chi connectivity index (χ2n) is 6.10. The van der Waals surface area contributed by atoms with Gasteiger partial charge in [0.15, 0.2) is 0 Å². The third-order valence-electron chi connectivity index (χ3n) is 4.39. The minimum Gasteiger partial charge on any atom is -0.379 e. The van der Waals surface area contributed by atoms with Crippen molar-refractivity contribution in [1.82, 2.24) is 20.2 Å². The van der Waals surface area contributed by atoms with Crippen LogP contribution < -0.4 is 10.6 Å². The lowest BCUT2D eigenvalue weighted by atomic mass is 10.2. The summed E-state index contributed by atoms with van der Waals surface area (Å²) in [6.07, 6.45) is 6.44. The van der Waals surface area contributed by atoms with Crippen LogP contribution in [0.25, 0.3) is 0 Å². The van der Waals surface area contributed by atoms with Crippen molar-refractivity contribution in [3.05, 3.63) is 18.0 Å². The average Bonchev–Trinajstić information content (AvgIpc) is 3.09. The van der Waals surface area contributed by atoms with E-state index in [1.165, 1.54) is 12.8 Å². The molecule has 0 spiro atoms. The Morgan fingerprint density at radius 3 is 2.87 bits per heavy atom. The molecule has 0 radical (unpaired) electrons. The summed E-state index contributed by atoms with van der Waals surface area (Å²) in [5.74, 6) is 0.410. The van der Waals surface area contributed by atoms with Crippen LogP contribution >= 0.6 is 0 Å². The largest absolute Gasteiger partial charge is 0.379 e. The van der Waals surface area contributed by atoms with Crippen molar-refractivity contribution in [1.29, 1.82) is 0 Å². The van der Waals surface area contributed by atoms with Crippen molar-refractivity contribution in [2.45, 2.75) is 31.7 Å². The number of rotatable bonds is 6. The van der Waals surface area contributed by atoms with E-state index in [9.17, 15) is 4.79 Å². The Labute approximate surface area is 136 Å². The molecule has 1 aliphatic carbocycles. The van der Waals surface area contributed by atoms with Gasteiger partial charge in [-0.3, -0.25) is 9.69 Å². The Kier molecular flexibility index (Phi) is 5.76. The predicted octanol–water partition coefficient (Wildman–Crippen LogP) is 0.893. The summed E-state index contributed by atoms with van der Waals surface area (Å²) in [6, 6.07) is 2.10. The lowest BCUT2D eigenvalue weighted by molar-refractivity contribution is 0.0383. The first-order valence-electron chi connectivity index (χ1n) is 8.49. The highest BCUT2D eigenvalue weighted by atomic mass is 16.5. The number of anilines is 1. The second kappa shape index (κ2) is 8.21. The van der Waals surface area contributed by atoms with Crippen LogP contribution in [0.4, 0.5) is 5.95 Å². The van der Waals surface area contributed by atoms with Gasteiger partial charge in [0.05, 0.1) is 13.2 Å². The third-order valence-corrected chi connectivity index (χ3v) is 4.39. The smallest absolute Gasteiger partial charge is 0.270 e. The molecule has 0 aromatic carbocycles. The lowest BCUT2D eigenvalue weighted by Crippen LogP contribution is -2.41. The van der Waals surface area contributed by atoms with E-state index < -0.39 is 0 Å². The molecule has 23 heavy (non-hydrogen) atoms. The zero-order chi connectivity index (χ0) is 15.9. The topological polar surface area (TPSA) is 79.4 Å². The number of nitrogens with zero attached hydrogens (tertiary/aromatic N) is 3. The molecule has 1 aromatic rings. The van der Waals surface area contributed by atoms with Gasteiger partial charge in [0.1, 0.15) is 5.69 Å². The Morgan fingerprint density at radius 1 is 1.30 bits per heavy atom. The summed E-state index contributed by atoms with van der Waals surface area (Å²) in [5, 5.41) is 6.25. The van der Waals surface area contributed by atoms with E-state index >= 15 is 0 Å². The fourth-order valence-corrected chi connectivity index (χ4v) is 3.05. The van der Waals surface area contributed by atoms with Crippen molar-refractivity contribution in [2.75, 3.05) is 44.7 Å². The van der Waals surface area contributed by atoms with Crippen LogP contribution in [0.2, 0.25) is 0 Å². The molecule has 1 aliphatic heterocycles. The van der Waals surface area contributed by atoms with Crippen molar-refractivity contribution >= 4 is 11.9 Å². The van der Waals surface area contributed by atoms with Gasteiger partial charge >= 0.3 is 0 Å². The molecular weight excluding hydrogens is 294 g/mol. The van der Waals surface area contributed by atoms with Gasteiger partial charge in [0, 0.05) is 38.4 Å². The molecular formula is C16H25N5O2. The molecule has 1 saturated carbocycles. The average molecular weight is 319 g/mol. The van der Waals surface area contributed by atoms with Crippen molar-refractivity contribution in [3.8, 4) is 0 Å². The number of nitrogens with one attached hydrogen (secondary N) is 2. The van der Waals surface area contributed by atoms with E-state index in [0.29, 0.717) is 24.2 Å². The van der Waals surface area contributed by atoms with Crippen LogP contribution in [0.15, 0.2) is 12.3 Å². The number of morpholine rings is 1. The van der Waals surface area contributed by atoms with Gasteiger partial charge < -0.3 is 15.4 Å². The summed E-state index contributed by atoms with van der Waals surface area (Å²) in [4.78, 5) is 23.0. The number of hydrogen-bond acceptors (Lipinski definition) is 6. The molecule has 2 heterocycles. The molecule has 2 N–H and O–H groups in total. The van der Waals surface area contributed by atoms with Gasteiger partial charge in [-0.15, -0.1) is 0 Å². The summed E-state index contributed by atoms with van der Waals surface area (Å²) >= 11 is 0. The highest BCUT2D eigenvalue weighted by Crippen LogP contribution is 2.20. The molecule has 7 heteroatoms. The highest BCUT2D eigenvalue weighted by Gasteiger charge is 2.17. The van der Waals surface area contributed by atoms with Gasteiger partial charge in [-0.1, -0.05) is 12.8 Å². The SMILES string of the molecule is O=C(NCCN1CCOCC1)c1ccnc(NC2CCCC2)n1. The predicted molar refractivity (Wildman–Crippen MR) is 87.5 cm³/mol. The van der Waals surface area contributed by atoms with Crippen LogP contribution in [0, 0.1) is 0 Å². The monoisotopic (exact) mass is 319 g/mol. The van der Waals surface area contributed by atoms with Gasteiger partial charge in [-0.2, -0.15) is 0 Å². The lowest BCUT2D eigenvalue weighted by Gasteiger charge is -2.26. The number of hydrogen-bond donors (Lipinski definition) is 2. The molecule has 3 rings (SSSR count). The highest BCUT2D eigenvalue weighted by molar-refractivity contribution is 5.92. The van der Waals surface area contributed by atoms with E-state index in [1.807, 2.05) is 0 Å². The van der Waals surface area contributed by atoms with Crippen LogP contribution in [0.3, 0.4) is 0 Å². The number of aromatic nitrogens is 2. The Balaban J connectivity index is 1.46. The van der Waals surface area contributed by atoms with E-state index in [0.717, 1.165) is 45.7 Å². The normalized spacial score (nSPS) is 19.7. The third kappa shape index (κ3) is 4.87. The fourth-order valence-electron chi connectivity index (χ4n) is 3.05. The van der Waals surface area contributed by atoms with Crippen molar-refractivity contribution < 1.29 is 9.53 Å². The number of ether oxygens (including phenoxy) is 1. The zero-order valence-electron chi connectivity index (χ0n) is 13.5. The van der Waals surface area contributed by atoms with E-state index in [2.05, 4.69) is 25.5 Å². The van der Waals surface area contributed by atoms with Gasteiger partial charge in [0.25, 0.3) is 5.91 Å². The van der Waals surface area contributed by atoms with Crippen LogP contribution in [0.5, 0.6) is 0 Å². The second-order valence-corrected chi connectivity index (χ2v) is 6.10. The van der Waals surface area contributed by atoms with E-state index in [1.54, 1.807) is 12.3 Å². The molecule has 2 fully saturated rings. The van der Waals surface area contributed by atoms with E-state index in [4.69, 9.17) is 4.74 Å². The maximum absolute atomic E-state index is 12.2. The molecule has 0 bridgehead atoms. The van der Waals surface area contributed by atoms with Crippen LogP contribution in [0.1, 0.15) is 36.2 Å². The summed E-state index contributed by atoms with van der Waals surface area (Å²) in [7, 11) is 0. The molecule has 0 atom stereocenters. The maximum atomic E-state index is 12.2. The summed E-state index contributed by atoms with van der Waals surface area (Å²) in [6.45, 7) is 4.87. The fraction of sp³-hybridized carbons (Fsp3) is 0.688. The Bertz CT molecular complexity index is 513. The van der Waals surface area contributed by atoms with Crippen molar-refractivity contribution in [2.24, 2.45) is 0 Å². The molecule has 1 aromatic heterocycles. The van der Waals surface area contributed by atoms with Gasteiger partial charge in [-0.05, 0) is 18.9 Å². The van der Waals surface area contributed by atoms with Crippen LogP contribution in [-0.2, 0) is 4.74 Å². The Morgan fingerprint density at radius 2 is 2.09 bits per heavy atom. The Hall–Kier alpha value is -1.73. The first kappa shape index (κ1) is 16.1. The molecule has 7 nitrogen and oxygen atoms in total. The zero-order valence-corrected chi connectivity index (χ0v) is 13.5. The standard InChI is InChI=1S/C16H25N5O2/c22-15(17-7-8-21-9-11-23-12-10-21)14-5-6-18-16(20-14)19-13-3-1-2-4-13/h5-6,13H,1-4,7-12H2,(H,17,22)(H,18,19,20). The number of carbonyl (C=O) groups is 1.